The number of hydrogen-bond acceptors (Lipinski definition) is 5. The van der Waals surface area contributed by atoms with E-state index in [0.29, 0.717) is 35.9 Å². The highest BCUT2D eigenvalue weighted by molar-refractivity contribution is 7.91. The highest BCUT2D eigenvalue weighted by Gasteiger charge is 2.29. The number of nitrogens with one attached hydrogen (secondary N) is 1. The third-order valence-electron chi connectivity index (χ3n) is 4.34. The molecule has 1 atom stereocenters. The molecule has 2 aromatic rings. The van der Waals surface area contributed by atoms with Gasteiger partial charge in [0.05, 0.1) is 23.7 Å². The number of fused-ring (bicyclic) bond motifs is 1. The van der Waals surface area contributed by atoms with Crippen LogP contribution in [0.4, 0.5) is 0 Å². The van der Waals surface area contributed by atoms with E-state index in [-0.39, 0.29) is 23.0 Å². The molecule has 1 N–H and O–H groups in total. The molecule has 0 saturated carbocycles. The van der Waals surface area contributed by atoms with Gasteiger partial charge in [0.1, 0.15) is 0 Å². The Bertz CT molecular complexity index is 965. The number of ether oxygens (including phenoxy) is 1. The maximum atomic E-state index is 12.7. The van der Waals surface area contributed by atoms with Gasteiger partial charge in [0.15, 0.2) is 9.84 Å². The Balaban J connectivity index is 1.98. The molecular formula is C17H20N2O5S. The Morgan fingerprint density at radius 2 is 2.04 bits per heavy atom. The van der Waals surface area contributed by atoms with Crippen molar-refractivity contribution >= 4 is 26.5 Å². The number of sulfone groups is 1. The minimum absolute atomic E-state index is 0.0417. The summed E-state index contributed by atoms with van der Waals surface area (Å²) in [5.41, 5.74) is 0.170. The first-order chi connectivity index (χ1) is 11.9. The average molecular weight is 364 g/mol. The van der Waals surface area contributed by atoms with Crippen molar-refractivity contribution in [1.82, 2.24) is 9.88 Å². The van der Waals surface area contributed by atoms with Gasteiger partial charge in [-0.3, -0.25) is 9.59 Å². The van der Waals surface area contributed by atoms with Crippen LogP contribution < -0.4 is 10.9 Å². The molecule has 1 aliphatic rings. The van der Waals surface area contributed by atoms with E-state index in [4.69, 9.17) is 4.74 Å². The first-order valence-electron chi connectivity index (χ1n) is 8.04. The standard InChI is InChI=1S/C17H20N2O5S/c1-24-8-7-19-10-15(13-4-2-3-5-14(13)17(19)21)16(20)18-12-6-9-25(22,23)11-12/h2-5,10,12H,6-9,11H2,1H3,(H,18,20)/t12-/m0/s1. The summed E-state index contributed by atoms with van der Waals surface area (Å²) >= 11 is 0. The van der Waals surface area contributed by atoms with E-state index in [1.54, 1.807) is 31.4 Å². The maximum absolute atomic E-state index is 12.7. The van der Waals surface area contributed by atoms with Crippen LogP contribution in [-0.2, 0) is 21.1 Å². The molecule has 8 heteroatoms. The molecule has 1 aromatic heterocycles. The normalized spacial score (nSPS) is 19.2. The summed E-state index contributed by atoms with van der Waals surface area (Å²) in [6, 6.07) is 6.51. The van der Waals surface area contributed by atoms with Gasteiger partial charge in [-0.15, -0.1) is 0 Å². The molecule has 2 heterocycles. The van der Waals surface area contributed by atoms with Gasteiger partial charge in [0, 0.05) is 36.7 Å². The average Bonchev–Trinajstić information content (AvgIpc) is 2.93. The van der Waals surface area contributed by atoms with E-state index in [0.717, 1.165) is 0 Å². The molecule has 1 fully saturated rings. The van der Waals surface area contributed by atoms with Crippen LogP contribution in [0.2, 0.25) is 0 Å². The van der Waals surface area contributed by atoms with E-state index >= 15 is 0 Å². The number of hydrogen-bond donors (Lipinski definition) is 1. The second-order valence-electron chi connectivity index (χ2n) is 6.15. The fourth-order valence-electron chi connectivity index (χ4n) is 3.05. The molecule has 0 spiro atoms. The largest absolute Gasteiger partial charge is 0.383 e. The van der Waals surface area contributed by atoms with E-state index in [2.05, 4.69) is 5.32 Å². The zero-order valence-electron chi connectivity index (χ0n) is 13.9. The molecule has 0 aliphatic carbocycles. The number of aromatic nitrogens is 1. The van der Waals surface area contributed by atoms with Crippen LogP contribution >= 0.6 is 0 Å². The van der Waals surface area contributed by atoms with Crippen molar-refractivity contribution in [2.75, 3.05) is 25.2 Å². The van der Waals surface area contributed by atoms with Crippen LogP contribution in [0.1, 0.15) is 16.8 Å². The van der Waals surface area contributed by atoms with Crippen molar-refractivity contribution in [2.45, 2.75) is 19.0 Å². The third kappa shape index (κ3) is 3.74. The SMILES string of the molecule is COCCn1cc(C(=O)N[C@H]2CCS(=O)(=O)C2)c2ccccc2c1=O. The highest BCUT2D eigenvalue weighted by Crippen LogP contribution is 2.17. The molecule has 25 heavy (non-hydrogen) atoms. The van der Waals surface area contributed by atoms with Crippen molar-refractivity contribution in [2.24, 2.45) is 0 Å². The van der Waals surface area contributed by atoms with Crippen LogP contribution in [-0.4, -0.2) is 50.2 Å². The number of methoxy groups -OCH3 is 1. The zero-order valence-corrected chi connectivity index (χ0v) is 14.7. The predicted octanol–water partition coefficient (Wildman–Crippen LogP) is 0.565. The summed E-state index contributed by atoms with van der Waals surface area (Å²) in [5, 5.41) is 3.79. The Morgan fingerprint density at radius 1 is 1.32 bits per heavy atom. The van der Waals surface area contributed by atoms with Gasteiger partial charge in [0.2, 0.25) is 0 Å². The summed E-state index contributed by atoms with van der Waals surface area (Å²) in [5.74, 6) is -0.323. The Kier molecular flexibility index (Phi) is 4.91. The number of pyridine rings is 1. The van der Waals surface area contributed by atoms with Crippen molar-refractivity contribution in [3.05, 3.63) is 46.4 Å². The number of amides is 1. The maximum Gasteiger partial charge on any atom is 0.258 e. The lowest BCUT2D eigenvalue weighted by Gasteiger charge is -2.15. The van der Waals surface area contributed by atoms with Crippen LogP contribution in [0.25, 0.3) is 10.8 Å². The van der Waals surface area contributed by atoms with Gasteiger partial charge in [-0.1, -0.05) is 18.2 Å². The number of nitrogens with zero attached hydrogens (tertiary/aromatic N) is 1. The molecule has 1 amide bonds. The van der Waals surface area contributed by atoms with Gasteiger partial charge < -0.3 is 14.6 Å². The zero-order chi connectivity index (χ0) is 18.0. The third-order valence-corrected chi connectivity index (χ3v) is 6.11. The first-order valence-corrected chi connectivity index (χ1v) is 9.86. The lowest BCUT2D eigenvalue weighted by molar-refractivity contribution is 0.0941. The molecule has 1 saturated heterocycles. The highest BCUT2D eigenvalue weighted by atomic mass is 32.2. The molecule has 134 valence electrons. The molecule has 0 bridgehead atoms. The van der Waals surface area contributed by atoms with Gasteiger partial charge in [0.25, 0.3) is 11.5 Å². The molecular weight excluding hydrogens is 344 g/mol. The topological polar surface area (TPSA) is 94.5 Å². The van der Waals surface area contributed by atoms with Crippen LogP contribution in [0.15, 0.2) is 35.3 Å². The fourth-order valence-corrected chi connectivity index (χ4v) is 4.73. The smallest absolute Gasteiger partial charge is 0.258 e. The van der Waals surface area contributed by atoms with Crippen molar-refractivity contribution in [1.29, 1.82) is 0 Å². The predicted molar refractivity (Wildman–Crippen MR) is 94.6 cm³/mol. The molecule has 1 aliphatic heterocycles. The van der Waals surface area contributed by atoms with Crippen molar-refractivity contribution in [3.8, 4) is 0 Å². The summed E-state index contributed by atoms with van der Waals surface area (Å²) in [6.45, 7) is 0.679. The number of carbonyl (C=O) groups excluding carboxylic acids is 1. The Morgan fingerprint density at radius 3 is 2.68 bits per heavy atom. The van der Waals surface area contributed by atoms with Gasteiger partial charge in [-0.2, -0.15) is 0 Å². The monoisotopic (exact) mass is 364 g/mol. The summed E-state index contributed by atoms with van der Waals surface area (Å²) in [7, 11) is -1.54. The second kappa shape index (κ2) is 6.97. The summed E-state index contributed by atoms with van der Waals surface area (Å²) in [4.78, 5) is 25.2. The minimum atomic E-state index is -3.08. The van der Waals surface area contributed by atoms with E-state index in [1.165, 1.54) is 10.8 Å². The first kappa shape index (κ1) is 17.6. The lowest BCUT2D eigenvalue weighted by Crippen LogP contribution is -2.36. The van der Waals surface area contributed by atoms with Crippen molar-refractivity contribution in [3.63, 3.8) is 0 Å². The van der Waals surface area contributed by atoms with Crippen molar-refractivity contribution < 1.29 is 17.9 Å². The molecule has 0 unspecified atom stereocenters. The molecule has 3 rings (SSSR count). The van der Waals surface area contributed by atoms with Crippen LogP contribution in [0, 0.1) is 0 Å². The second-order valence-corrected chi connectivity index (χ2v) is 8.38. The van der Waals surface area contributed by atoms with Gasteiger partial charge >= 0.3 is 0 Å². The Hall–Kier alpha value is -2.19. The van der Waals surface area contributed by atoms with Crippen LogP contribution in [0.5, 0.6) is 0 Å². The van der Waals surface area contributed by atoms with E-state index in [1.807, 2.05) is 0 Å². The lowest BCUT2D eigenvalue weighted by atomic mass is 10.1. The summed E-state index contributed by atoms with van der Waals surface area (Å²) in [6.07, 6.45) is 1.93. The molecule has 0 radical (unpaired) electrons. The quantitative estimate of drug-likeness (QED) is 0.837. The summed E-state index contributed by atoms with van der Waals surface area (Å²) < 4.78 is 29.6. The molecule has 1 aromatic carbocycles. The van der Waals surface area contributed by atoms with E-state index in [9.17, 15) is 18.0 Å². The number of rotatable bonds is 5. The fraction of sp³-hybridized carbons (Fsp3) is 0.412. The van der Waals surface area contributed by atoms with Gasteiger partial charge in [-0.05, 0) is 12.5 Å². The Labute approximate surface area is 145 Å². The molecule has 7 nitrogen and oxygen atoms in total. The number of carbonyl (C=O) groups is 1. The van der Waals surface area contributed by atoms with Gasteiger partial charge in [-0.25, -0.2) is 8.42 Å². The number of benzene rings is 1. The van der Waals surface area contributed by atoms with E-state index < -0.39 is 15.9 Å². The van der Waals surface area contributed by atoms with Crippen LogP contribution in [0.3, 0.4) is 0 Å². The minimum Gasteiger partial charge on any atom is -0.383 e.